The minimum Gasteiger partial charge on any atom is -0.478 e. The number of aryl methyl sites for hydroxylation is 2. The summed E-state index contributed by atoms with van der Waals surface area (Å²) >= 11 is 0. The number of amides is 1. The molecule has 5 heteroatoms. The van der Waals surface area contributed by atoms with Gasteiger partial charge in [0.15, 0.2) is 0 Å². The summed E-state index contributed by atoms with van der Waals surface area (Å²) in [4.78, 5) is 23.8. The lowest BCUT2D eigenvalue weighted by Crippen LogP contribution is -2.56. The molecule has 1 saturated carbocycles. The van der Waals surface area contributed by atoms with Crippen molar-refractivity contribution in [3.05, 3.63) is 34.4 Å². The Morgan fingerprint density at radius 2 is 1.75 bits per heavy atom. The van der Waals surface area contributed by atoms with Crippen molar-refractivity contribution in [2.45, 2.75) is 38.6 Å². The van der Waals surface area contributed by atoms with Gasteiger partial charge in [0, 0.05) is 0 Å². The van der Waals surface area contributed by atoms with Crippen molar-refractivity contribution < 1.29 is 19.8 Å². The molecule has 0 aliphatic heterocycles. The molecular formula is C15H19NO4. The van der Waals surface area contributed by atoms with Crippen LogP contribution in [0.1, 0.15) is 51.1 Å². The van der Waals surface area contributed by atoms with Gasteiger partial charge >= 0.3 is 5.97 Å². The van der Waals surface area contributed by atoms with Gasteiger partial charge in [-0.05, 0) is 44.2 Å². The maximum Gasteiger partial charge on any atom is 0.336 e. The summed E-state index contributed by atoms with van der Waals surface area (Å²) in [5.74, 6) is -1.53. The third kappa shape index (κ3) is 2.41. The summed E-state index contributed by atoms with van der Waals surface area (Å²) < 4.78 is 0. The van der Waals surface area contributed by atoms with Crippen LogP contribution in [-0.2, 0) is 0 Å². The fourth-order valence-electron chi connectivity index (χ4n) is 2.61. The zero-order valence-electron chi connectivity index (χ0n) is 11.7. The number of carboxylic acids is 1. The Bertz CT molecular complexity index is 556. The van der Waals surface area contributed by atoms with Crippen molar-refractivity contribution in [3.8, 4) is 0 Å². The molecular weight excluding hydrogens is 258 g/mol. The van der Waals surface area contributed by atoms with Crippen LogP contribution in [0, 0.1) is 13.8 Å². The molecule has 0 atom stereocenters. The van der Waals surface area contributed by atoms with Gasteiger partial charge < -0.3 is 15.5 Å². The van der Waals surface area contributed by atoms with Gasteiger partial charge in [0.25, 0.3) is 5.91 Å². The van der Waals surface area contributed by atoms with E-state index in [1.165, 1.54) is 0 Å². The zero-order valence-corrected chi connectivity index (χ0v) is 11.7. The average Bonchev–Trinajstić information content (AvgIpc) is 2.35. The van der Waals surface area contributed by atoms with E-state index in [1.54, 1.807) is 26.0 Å². The maximum absolute atomic E-state index is 12.4. The SMILES string of the molecule is Cc1ccc(C)c(C(=O)NC2(CO)CCC2)c1C(=O)O. The van der Waals surface area contributed by atoms with E-state index >= 15 is 0 Å². The molecule has 0 unspecified atom stereocenters. The zero-order chi connectivity index (χ0) is 14.9. The topological polar surface area (TPSA) is 86.6 Å². The normalized spacial score (nSPS) is 16.4. The van der Waals surface area contributed by atoms with E-state index < -0.39 is 17.4 Å². The van der Waals surface area contributed by atoms with E-state index in [9.17, 15) is 19.8 Å². The van der Waals surface area contributed by atoms with Crippen LogP contribution in [0.3, 0.4) is 0 Å². The predicted molar refractivity (Wildman–Crippen MR) is 74.0 cm³/mol. The fourth-order valence-corrected chi connectivity index (χ4v) is 2.61. The van der Waals surface area contributed by atoms with E-state index in [1.807, 2.05) is 0 Å². The molecule has 0 aromatic heterocycles. The lowest BCUT2D eigenvalue weighted by molar-refractivity contribution is 0.0624. The quantitative estimate of drug-likeness (QED) is 0.781. The number of hydrogen-bond acceptors (Lipinski definition) is 3. The van der Waals surface area contributed by atoms with Crippen molar-refractivity contribution in [2.75, 3.05) is 6.61 Å². The Morgan fingerprint density at radius 1 is 1.20 bits per heavy atom. The Kier molecular flexibility index (Phi) is 3.81. The lowest BCUT2D eigenvalue weighted by atomic mass is 9.77. The first-order valence-electron chi connectivity index (χ1n) is 6.67. The second kappa shape index (κ2) is 5.25. The molecule has 2 rings (SSSR count). The van der Waals surface area contributed by atoms with Crippen molar-refractivity contribution >= 4 is 11.9 Å². The first kappa shape index (κ1) is 14.5. The number of aliphatic hydroxyl groups excluding tert-OH is 1. The monoisotopic (exact) mass is 277 g/mol. The maximum atomic E-state index is 12.4. The standard InChI is InChI=1S/C15H19NO4/c1-9-4-5-10(2)12(14(19)20)11(9)13(18)16-15(8-17)6-3-7-15/h4-5,17H,3,6-8H2,1-2H3,(H,16,18)(H,19,20). The number of carbonyl (C=O) groups excluding carboxylic acids is 1. The first-order chi connectivity index (χ1) is 9.40. The van der Waals surface area contributed by atoms with Crippen molar-refractivity contribution in [3.63, 3.8) is 0 Å². The number of carboxylic acid groups (broad SMARTS) is 1. The van der Waals surface area contributed by atoms with E-state index in [4.69, 9.17) is 0 Å². The highest BCUT2D eigenvalue weighted by Gasteiger charge is 2.38. The van der Waals surface area contributed by atoms with Gasteiger partial charge in [-0.1, -0.05) is 12.1 Å². The highest BCUT2D eigenvalue weighted by Crippen LogP contribution is 2.32. The number of rotatable bonds is 4. The molecule has 0 radical (unpaired) electrons. The number of aliphatic hydroxyl groups is 1. The Labute approximate surface area is 117 Å². The molecule has 0 bridgehead atoms. The summed E-state index contributed by atoms with van der Waals surface area (Å²) in [6.07, 6.45) is 2.41. The van der Waals surface area contributed by atoms with Gasteiger partial charge in [0.2, 0.25) is 0 Å². The fraction of sp³-hybridized carbons (Fsp3) is 0.467. The number of hydrogen-bond donors (Lipinski definition) is 3. The molecule has 1 fully saturated rings. The molecule has 20 heavy (non-hydrogen) atoms. The smallest absolute Gasteiger partial charge is 0.336 e. The highest BCUT2D eigenvalue weighted by atomic mass is 16.4. The number of benzene rings is 1. The number of nitrogens with one attached hydrogen (secondary N) is 1. The van der Waals surface area contributed by atoms with Gasteiger partial charge in [-0.2, -0.15) is 0 Å². The summed E-state index contributed by atoms with van der Waals surface area (Å²) in [6, 6.07) is 3.43. The van der Waals surface area contributed by atoms with E-state index in [0.717, 1.165) is 19.3 Å². The second-order valence-corrected chi connectivity index (χ2v) is 5.50. The van der Waals surface area contributed by atoms with Gasteiger partial charge in [-0.3, -0.25) is 4.79 Å². The predicted octanol–water partition coefficient (Wildman–Crippen LogP) is 1.65. The van der Waals surface area contributed by atoms with Crippen LogP contribution in [0.4, 0.5) is 0 Å². The third-order valence-electron chi connectivity index (χ3n) is 4.05. The van der Waals surface area contributed by atoms with Crippen molar-refractivity contribution in [1.82, 2.24) is 5.32 Å². The summed E-state index contributed by atoms with van der Waals surface area (Å²) in [7, 11) is 0. The molecule has 108 valence electrons. The van der Waals surface area contributed by atoms with Crippen molar-refractivity contribution in [2.24, 2.45) is 0 Å². The Balaban J connectivity index is 2.39. The van der Waals surface area contributed by atoms with Gasteiger partial charge in [-0.25, -0.2) is 4.79 Å². The molecule has 1 aromatic rings. The minimum absolute atomic E-state index is 0.0370. The molecule has 0 saturated heterocycles. The Hall–Kier alpha value is -1.88. The molecule has 1 amide bonds. The van der Waals surface area contributed by atoms with E-state index in [0.29, 0.717) is 11.1 Å². The first-order valence-corrected chi connectivity index (χ1v) is 6.67. The lowest BCUT2D eigenvalue weighted by Gasteiger charge is -2.41. The molecule has 0 heterocycles. The average molecular weight is 277 g/mol. The van der Waals surface area contributed by atoms with Crippen LogP contribution < -0.4 is 5.32 Å². The minimum atomic E-state index is -1.11. The Morgan fingerprint density at radius 3 is 2.15 bits per heavy atom. The largest absolute Gasteiger partial charge is 0.478 e. The van der Waals surface area contributed by atoms with Crippen LogP contribution in [0.5, 0.6) is 0 Å². The molecule has 5 nitrogen and oxygen atoms in total. The van der Waals surface area contributed by atoms with Crippen LogP contribution in [0.25, 0.3) is 0 Å². The van der Waals surface area contributed by atoms with Gasteiger partial charge in [0.05, 0.1) is 23.3 Å². The van der Waals surface area contributed by atoms with Gasteiger partial charge in [0.1, 0.15) is 0 Å². The third-order valence-corrected chi connectivity index (χ3v) is 4.05. The van der Waals surface area contributed by atoms with Crippen LogP contribution in [-0.4, -0.2) is 34.2 Å². The summed E-state index contributed by atoms with van der Waals surface area (Å²) in [5.41, 5.74) is 0.827. The van der Waals surface area contributed by atoms with E-state index in [-0.39, 0.29) is 17.7 Å². The highest BCUT2D eigenvalue weighted by molar-refractivity contribution is 6.07. The van der Waals surface area contributed by atoms with E-state index in [2.05, 4.69) is 5.32 Å². The van der Waals surface area contributed by atoms with Crippen LogP contribution in [0.15, 0.2) is 12.1 Å². The summed E-state index contributed by atoms with van der Waals surface area (Å²) in [5, 5.41) is 21.5. The molecule has 1 aliphatic carbocycles. The molecule has 0 spiro atoms. The van der Waals surface area contributed by atoms with Crippen LogP contribution in [0.2, 0.25) is 0 Å². The molecule has 1 aromatic carbocycles. The van der Waals surface area contributed by atoms with Crippen LogP contribution >= 0.6 is 0 Å². The molecule has 3 N–H and O–H groups in total. The second-order valence-electron chi connectivity index (χ2n) is 5.50. The number of carbonyl (C=O) groups is 2. The van der Waals surface area contributed by atoms with Gasteiger partial charge in [-0.15, -0.1) is 0 Å². The molecule has 1 aliphatic rings. The summed E-state index contributed by atoms with van der Waals surface area (Å²) in [6.45, 7) is 3.27. The number of aromatic carboxylic acids is 1. The van der Waals surface area contributed by atoms with Crippen molar-refractivity contribution in [1.29, 1.82) is 0 Å².